The zero-order valence-corrected chi connectivity index (χ0v) is 15.3. The van der Waals surface area contributed by atoms with E-state index in [0.29, 0.717) is 31.2 Å². The quantitative estimate of drug-likeness (QED) is 0.822. The van der Waals surface area contributed by atoms with Gasteiger partial charge in [0.05, 0.1) is 17.2 Å². The standard InChI is InChI=1S/C20H26N4O2/c1-15-3-2-8-24(14-15)20(25)18(16-5-9-26-10-6-16)13-23-19-4-7-22-12-17(19)11-21/h3-4,7,12,16,18H,2,5-6,8-10,13-14H2,1H3,(H,22,23). The minimum Gasteiger partial charge on any atom is -0.383 e. The molecule has 0 radical (unpaired) electrons. The Hall–Kier alpha value is -2.39. The average molecular weight is 354 g/mol. The molecule has 1 amide bonds. The normalized spacial score (nSPS) is 19.4. The van der Waals surface area contributed by atoms with Crippen LogP contribution in [-0.2, 0) is 9.53 Å². The van der Waals surface area contributed by atoms with Crippen LogP contribution in [0.1, 0.15) is 31.7 Å². The number of rotatable bonds is 5. The summed E-state index contributed by atoms with van der Waals surface area (Å²) in [7, 11) is 0. The van der Waals surface area contributed by atoms with E-state index in [-0.39, 0.29) is 11.8 Å². The van der Waals surface area contributed by atoms with E-state index in [0.717, 1.165) is 38.0 Å². The highest BCUT2D eigenvalue weighted by Gasteiger charge is 2.33. The number of carbonyl (C=O) groups is 1. The summed E-state index contributed by atoms with van der Waals surface area (Å²) in [6.07, 6.45) is 8.15. The van der Waals surface area contributed by atoms with Gasteiger partial charge in [-0.25, -0.2) is 0 Å². The lowest BCUT2D eigenvalue weighted by Gasteiger charge is -2.35. The van der Waals surface area contributed by atoms with Gasteiger partial charge in [0.25, 0.3) is 0 Å². The molecule has 1 unspecified atom stereocenters. The first-order chi connectivity index (χ1) is 12.7. The molecule has 1 saturated heterocycles. The molecule has 26 heavy (non-hydrogen) atoms. The third kappa shape index (κ3) is 4.41. The largest absolute Gasteiger partial charge is 0.383 e. The summed E-state index contributed by atoms with van der Waals surface area (Å²) in [6.45, 7) is 5.54. The molecule has 0 aliphatic carbocycles. The maximum Gasteiger partial charge on any atom is 0.228 e. The Morgan fingerprint density at radius 3 is 3.04 bits per heavy atom. The number of carbonyl (C=O) groups excluding carboxylic acids is 1. The number of hydrogen-bond acceptors (Lipinski definition) is 5. The maximum atomic E-state index is 13.3. The number of aromatic nitrogens is 1. The zero-order valence-electron chi connectivity index (χ0n) is 15.3. The molecule has 6 heteroatoms. The summed E-state index contributed by atoms with van der Waals surface area (Å²) in [6, 6.07) is 3.94. The van der Waals surface area contributed by atoms with Crippen molar-refractivity contribution in [2.24, 2.45) is 11.8 Å². The topological polar surface area (TPSA) is 78.3 Å². The SMILES string of the molecule is CC1=CCCN(C(=O)C(CNc2ccncc2C#N)C2CCOCC2)C1. The highest BCUT2D eigenvalue weighted by Crippen LogP contribution is 2.27. The molecule has 0 aromatic carbocycles. The number of amides is 1. The van der Waals surface area contributed by atoms with Crippen molar-refractivity contribution in [3.63, 3.8) is 0 Å². The van der Waals surface area contributed by atoms with Crippen LogP contribution >= 0.6 is 0 Å². The molecule has 1 aromatic heterocycles. The van der Waals surface area contributed by atoms with Crippen LogP contribution in [0.5, 0.6) is 0 Å². The van der Waals surface area contributed by atoms with Gasteiger partial charge in [0.2, 0.25) is 5.91 Å². The molecule has 6 nitrogen and oxygen atoms in total. The van der Waals surface area contributed by atoms with Crippen molar-refractivity contribution >= 4 is 11.6 Å². The highest BCUT2D eigenvalue weighted by molar-refractivity contribution is 5.80. The van der Waals surface area contributed by atoms with Crippen LogP contribution in [-0.4, -0.2) is 48.6 Å². The van der Waals surface area contributed by atoms with Crippen molar-refractivity contribution in [1.29, 1.82) is 5.26 Å². The zero-order chi connectivity index (χ0) is 18.4. The van der Waals surface area contributed by atoms with Crippen LogP contribution < -0.4 is 5.32 Å². The molecule has 1 aromatic rings. The van der Waals surface area contributed by atoms with Crippen LogP contribution in [0.15, 0.2) is 30.1 Å². The van der Waals surface area contributed by atoms with Crippen molar-refractivity contribution in [2.45, 2.75) is 26.2 Å². The maximum absolute atomic E-state index is 13.3. The van der Waals surface area contributed by atoms with Crippen molar-refractivity contribution < 1.29 is 9.53 Å². The van der Waals surface area contributed by atoms with Gasteiger partial charge in [-0.2, -0.15) is 5.26 Å². The number of nitriles is 1. The third-order valence-corrected chi connectivity index (χ3v) is 5.25. The second-order valence-electron chi connectivity index (χ2n) is 7.07. The van der Waals surface area contributed by atoms with Gasteiger partial charge in [0.15, 0.2) is 0 Å². The number of pyridine rings is 1. The summed E-state index contributed by atoms with van der Waals surface area (Å²) < 4.78 is 5.49. The number of nitrogens with zero attached hydrogens (tertiary/aromatic N) is 3. The van der Waals surface area contributed by atoms with Crippen LogP contribution in [0.2, 0.25) is 0 Å². The summed E-state index contributed by atoms with van der Waals surface area (Å²) in [5.41, 5.74) is 2.49. The van der Waals surface area contributed by atoms with E-state index >= 15 is 0 Å². The molecule has 0 saturated carbocycles. The van der Waals surface area contributed by atoms with Crippen LogP contribution in [0.4, 0.5) is 5.69 Å². The van der Waals surface area contributed by atoms with Gasteiger partial charge in [-0.15, -0.1) is 0 Å². The molecular formula is C20H26N4O2. The molecule has 1 N–H and O–H groups in total. The molecule has 1 fully saturated rings. The minimum atomic E-state index is -0.107. The Morgan fingerprint density at radius 1 is 1.50 bits per heavy atom. The lowest BCUT2D eigenvalue weighted by atomic mass is 9.84. The van der Waals surface area contributed by atoms with Crippen LogP contribution in [0.3, 0.4) is 0 Å². The van der Waals surface area contributed by atoms with Crippen molar-refractivity contribution in [2.75, 3.05) is 38.2 Å². The van der Waals surface area contributed by atoms with E-state index in [2.05, 4.69) is 29.4 Å². The van der Waals surface area contributed by atoms with Crippen molar-refractivity contribution in [1.82, 2.24) is 9.88 Å². The molecule has 3 rings (SSSR count). The fourth-order valence-electron chi connectivity index (χ4n) is 3.77. The number of anilines is 1. The van der Waals surface area contributed by atoms with Crippen LogP contribution in [0.25, 0.3) is 0 Å². The Morgan fingerprint density at radius 2 is 2.31 bits per heavy atom. The van der Waals surface area contributed by atoms with Crippen LogP contribution in [0, 0.1) is 23.2 Å². The molecule has 1 atom stereocenters. The van der Waals surface area contributed by atoms with E-state index in [9.17, 15) is 10.1 Å². The summed E-state index contributed by atoms with van der Waals surface area (Å²) >= 11 is 0. The second-order valence-corrected chi connectivity index (χ2v) is 7.07. The van der Waals surface area contributed by atoms with E-state index in [4.69, 9.17) is 4.74 Å². The smallest absolute Gasteiger partial charge is 0.228 e. The van der Waals surface area contributed by atoms with E-state index in [1.807, 2.05) is 4.90 Å². The van der Waals surface area contributed by atoms with E-state index < -0.39 is 0 Å². The number of hydrogen-bond donors (Lipinski definition) is 1. The molecule has 0 spiro atoms. The van der Waals surface area contributed by atoms with Gasteiger partial charge in [0.1, 0.15) is 6.07 Å². The Balaban J connectivity index is 1.74. The number of nitrogens with one attached hydrogen (secondary N) is 1. The second kappa shape index (κ2) is 8.81. The predicted octanol–water partition coefficient (Wildman–Crippen LogP) is 2.59. The fraction of sp³-hybridized carbons (Fsp3) is 0.550. The molecular weight excluding hydrogens is 328 g/mol. The number of ether oxygens (including phenoxy) is 1. The minimum absolute atomic E-state index is 0.107. The lowest BCUT2D eigenvalue weighted by Crippen LogP contribution is -2.45. The Kier molecular flexibility index (Phi) is 6.24. The first-order valence-electron chi connectivity index (χ1n) is 9.29. The molecule has 138 valence electrons. The van der Waals surface area contributed by atoms with Gasteiger partial charge >= 0.3 is 0 Å². The molecule has 2 aliphatic heterocycles. The third-order valence-electron chi connectivity index (χ3n) is 5.25. The molecule has 3 heterocycles. The monoisotopic (exact) mass is 354 g/mol. The Labute approximate surface area is 154 Å². The van der Waals surface area contributed by atoms with Crippen molar-refractivity contribution in [3.8, 4) is 6.07 Å². The summed E-state index contributed by atoms with van der Waals surface area (Å²) in [5, 5.41) is 12.6. The first-order valence-corrected chi connectivity index (χ1v) is 9.29. The fourth-order valence-corrected chi connectivity index (χ4v) is 3.77. The molecule has 0 bridgehead atoms. The van der Waals surface area contributed by atoms with Gasteiger partial charge in [0, 0.05) is 45.2 Å². The Bertz CT molecular complexity index is 704. The predicted molar refractivity (Wildman–Crippen MR) is 99.4 cm³/mol. The van der Waals surface area contributed by atoms with E-state index in [1.54, 1.807) is 18.5 Å². The van der Waals surface area contributed by atoms with Gasteiger partial charge < -0.3 is 15.0 Å². The van der Waals surface area contributed by atoms with Crippen molar-refractivity contribution in [3.05, 3.63) is 35.7 Å². The highest BCUT2D eigenvalue weighted by atomic mass is 16.5. The van der Waals surface area contributed by atoms with Gasteiger partial charge in [-0.1, -0.05) is 11.6 Å². The van der Waals surface area contributed by atoms with E-state index in [1.165, 1.54) is 5.57 Å². The van der Waals surface area contributed by atoms with Gasteiger partial charge in [-0.3, -0.25) is 9.78 Å². The summed E-state index contributed by atoms with van der Waals surface area (Å²) in [4.78, 5) is 19.2. The summed E-state index contributed by atoms with van der Waals surface area (Å²) in [5.74, 6) is 0.413. The van der Waals surface area contributed by atoms with Gasteiger partial charge in [-0.05, 0) is 38.2 Å². The molecule has 2 aliphatic rings. The first kappa shape index (κ1) is 18.4. The lowest BCUT2D eigenvalue weighted by molar-refractivity contribution is -0.137. The average Bonchev–Trinajstić information content (AvgIpc) is 2.69.